The van der Waals surface area contributed by atoms with Crippen LogP contribution in [-0.4, -0.2) is 26.1 Å². The molecule has 0 radical (unpaired) electrons. The maximum absolute atomic E-state index is 12.6. The van der Waals surface area contributed by atoms with E-state index in [-0.39, 0.29) is 11.3 Å². The number of rotatable bonds is 7. The largest absolute Gasteiger partial charge is 0.348 e. The minimum Gasteiger partial charge on any atom is -0.348 e. The van der Waals surface area contributed by atoms with Crippen LogP contribution in [0.1, 0.15) is 51.4 Å². The predicted octanol–water partition coefficient (Wildman–Crippen LogP) is 4.55. The summed E-state index contributed by atoms with van der Waals surface area (Å²) in [6, 6.07) is 1.98. The zero-order chi connectivity index (χ0) is 19.7. The number of fused-ring (bicyclic) bond motifs is 1. The Labute approximate surface area is 167 Å². The summed E-state index contributed by atoms with van der Waals surface area (Å²) < 4.78 is 2.20. The monoisotopic (exact) mass is 403 g/mol. The highest BCUT2D eigenvalue weighted by molar-refractivity contribution is 7.99. The van der Waals surface area contributed by atoms with Crippen molar-refractivity contribution in [3.63, 3.8) is 0 Å². The lowest BCUT2D eigenvalue weighted by molar-refractivity contribution is 0.102. The molecule has 5 nitrogen and oxygen atoms in total. The van der Waals surface area contributed by atoms with Crippen LogP contribution in [-0.2, 0) is 12.3 Å². The maximum atomic E-state index is 12.6. The lowest BCUT2D eigenvalue weighted by atomic mass is 10.2. The van der Waals surface area contributed by atoms with E-state index in [1.165, 1.54) is 11.8 Å². The zero-order valence-corrected chi connectivity index (χ0v) is 18.1. The summed E-state index contributed by atoms with van der Waals surface area (Å²) in [6.07, 6.45) is 1.04. The number of hydrogen-bond acceptors (Lipinski definition) is 5. The van der Waals surface area contributed by atoms with Crippen LogP contribution >= 0.6 is 23.1 Å². The fourth-order valence-corrected chi connectivity index (χ4v) is 5.16. The number of carbonyl (C=O) groups excluding carboxylic acids is 1. The summed E-state index contributed by atoms with van der Waals surface area (Å²) >= 11 is 3.03. The Bertz CT molecular complexity index is 1060. The van der Waals surface area contributed by atoms with Gasteiger partial charge in [0.2, 0.25) is 0 Å². The van der Waals surface area contributed by atoms with Crippen molar-refractivity contribution >= 4 is 39.1 Å². The van der Waals surface area contributed by atoms with Crippen LogP contribution in [0.2, 0.25) is 0 Å². The van der Waals surface area contributed by atoms with Gasteiger partial charge in [-0.1, -0.05) is 6.92 Å². The first-order chi connectivity index (χ1) is 12.8. The average molecular weight is 404 g/mol. The first-order valence-electron chi connectivity index (χ1n) is 9.10. The second kappa shape index (κ2) is 8.02. The molecule has 0 fully saturated rings. The van der Waals surface area contributed by atoms with Gasteiger partial charge in [0.25, 0.3) is 5.56 Å². The molecule has 27 heavy (non-hydrogen) atoms. The van der Waals surface area contributed by atoms with Crippen molar-refractivity contribution < 1.29 is 4.79 Å². The van der Waals surface area contributed by atoms with Crippen LogP contribution < -0.4 is 5.56 Å². The minimum atomic E-state index is -0.0908. The summed E-state index contributed by atoms with van der Waals surface area (Å²) in [4.78, 5) is 34.3. The van der Waals surface area contributed by atoms with Crippen molar-refractivity contribution in [3.8, 4) is 0 Å². The number of hydrogen-bond donors (Lipinski definition) is 1. The van der Waals surface area contributed by atoms with Crippen molar-refractivity contribution in [3.05, 3.63) is 49.6 Å². The molecule has 0 bridgehead atoms. The number of nitrogens with one attached hydrogen (secondary N) is 1. The van der Waals surface area contributed by atoms with Crippen LogP contribution in [0.3, 0.4) is 0 Å². The summed E-state index contributed by atoms with van der Waals surface area (Å²) in [5.41, 5.74) is 3.88. The van der Waals surface area contributed by atoms with E-state index in [1.54, 1.807) is 11.3 Å². The van der Waals surface area contributed by atoms with Gasteiger partial charge in [-0.15, -0.1) is 23.1 Å². The number of aromatic nitrogens is 3. The number of ketones is 1. The standard InChI is InChI=1S/C20H25N3O2S2/c1-6-7-23-11(2)8-15(13(23)4)16(24)9-26-10-17-21-19(25)18-12(3)14(5)27-20(18)22-17/h8H,6-7,9-10H2,1-5H3,(H,21,22,25). The fourth-order valence-electron chi connectivity index (χ4n) is 3.34. The van der Waals surface area contributed by atoms with Crippen LogP contribution in [0, 0.1) is 27.7 Å². The summed E-state index contributed by atoms with van der Waals surface area (Å²) in [7, 11) is 0. The molecule has 144 valence electrons. The maximum Gasteiger partial charge on any atom is 0.259 e. The number of thioether (sulfide) groups is 1. The van der Waals surface area contributed by atoms with E-state index in [1.807, 2.05) is 33.8 Å². The Hall–Kier alpha value is -1.86. The second-order valence-corrected chi connectivity index (χ2v) is 9.02. The molecule has 0 saturated carbocycles. The molecule has 0 saturated heterocycles. The topological polar surface area (TPSA) is 67.8 Å². The molecule has 7 heteroatoms. The number of H-pyrrole nitrogens is 1. The second-order valence-electron chi connectivity index (χ2n) is 6.83. The molecule has 1 N–H and O–H groups in total. The molecule has 0 atom stereocenters. The molecule has 0 aliphatic rings. The van der Waals surface area contributed by atoms with E-state index in [2.05, 4.69) is 21.5 Å². The van der Waals surface area contributed by atoms with Crippen LogP contribution in [0.15, 0.2) is 10.9 Å². The SMILES string of the molecule is CCCn1c(C)cc(C(=O)CSCc2nc3sc(C)c(C)c3c(=O)[nH]2)c1C. The molecule has 0 amide bonds. The van der Waals surface area contributed by atoms with Gasteiger partial charge in [-0.2, -0.15) is 0 Å². The number of nitrogens with zero attached hydrogens (tertiary/aromatic N) is 2. The van der Waals surface area contributed by atoms with E-state index in [0.717, 1.165) is 45.2 Å². The van der Waals surface area contributed by atoms with E-state index < -0.39 is 0 Å². The lowest BCUT2D eigenvalue weighted by Gasteiger charge is -2.07. The highest BCUT2D eigenvalue weighted by atomic mass is 32.2. The molecular weight excluding hydrogens is 378 g/mol. The van der Waals surface area contributed by atoms with Crippen molar-refractivity contribution in [1.29, 1.82) is 0 Å². The molecule has 0 spiro atoms. The Morgan fingerprint density at radius 1 is 1.30 bits per heavy atom. The number of aromatic amines is 1. The van der Waals surface area contributed by atoms with Gasteiger partial charge in [-0.3, -0.25) is 9.59 Å². The van der Waals surface area contributed by atoms with Gasteiger partial charge in [-0.25, -0.2) is 4.98 Å². The molecule has 3 rings (SSSR count). The third-order valence-electron chi connectivity index (χ3n) is 4.88. The predicted molar refractivity (Wildman–Crippen MR) is 114 cm³/mol. The molecule has 0 aromatic carbocycles. The molecule has 0 aliphatic carbocycles. The van der Waals surface area contributed by atoms with E-state index in [4.69, 9.17) is 0 Å². The molecule has 3 aromatic heterocycles. The molecule has 3 aromatic rings. The number of Topliss-reactive ketones (excluding diaryl/α,β-unsaturated/α-hetero) is 1. The molecule has 0 aliphatic heterocycles. The quantitative estimate of drug-likeness (QED) is 0.588. The Balaban J connectivity index is 1.70. The molecule has 0 unspecified atom stereocenters. The van der Waals surface area contributed by atoms with Crippen molar-refractivity contribution in [2.24, 2.45) is 0 Å². The number of aryl methyl sites for hydroxylation is 3. The van der Waals surface area contributed by atoms with Gasteiger partial charge in [-0.05, 0) is 45.7 Å². The van der Waals surface area contributed by atoms with Gasteiger partial charge in [0.15, 0.2) is 5.78 Å². The average Bonchev–Trinajstić information content (AvgIpc) is 3.05. The van der Waals surface area contributed by atoms with Gasteiger partial charge >= 0.3 is 0 Å². The van der Waals surface area contributed by atoms with E-state index in [0.29, 0.717) is 22.7 Å². The minimum absolute atomic E-state index is 0.0908. The normalized spacial score (nSPS) is 11.4. The summed E-state index contributed by atoms with van der Waals surface area (Å²) in [5.74, 6) is 1.64. The van der Waals surface area contributed by atoms with Gasteiger partial charge < -0.3 is 9.55 Å². The summed E-state index contributed by atoms with van der Waals surface area (Å²) in [5, 5.41) is 0.686. The zero-order valence-electron chi connectivity index (χ0n) is 16.4. The number of thiophene rings is 1. The van der Waals surface area contributed by atoms with E-state index in [9.17, 15) is 9.59 Å². The Kier molecular flexibility index (Phi) is 5.91. The first-order valence-corrected chi connectivity index (χ1v) is 11.1. The highest BCUT2D eigenvalue weighted by Crippen LogP contribution is 2.26. The van der Waals surface area contributed by atoms with Crippen LogP contribution in [0.5, 0.6) is 0 Å². The third kappa shape index (κ3) is 3.89. The summed E-state index contributed by atoms with van der Waals surface area (Å²) in [6.45, 7) is 11.1. The van der Waals surface area contributed by atoms with Gasteiger partial charge in [0.05, 0.1) is 16.9 Å². The van der Waals surface area contributed by atoms with Crippen molar-refractivity contribution in [2.45, 2.75) is 53.3 Å². The number of carbonyl (C=O) groups is 1. The first kappa shape index (κ1) is 19.9. The Morgan fingerprint density at radius 2 is 2.04 bits per heavy atom. The van der Waals surface area contributed by atoms with Gasteiger partial charge in [0, 0.05) is 28.4 Å². The highest BCUT2D eigenvalue weighted by Gasteiger charge is 2.16. The smallest absolute Gasteiger partial charge is 0.259 e. The third-order valence-corrected chi connectivity index (χ3v) is 6.93. The molecule has 3 heterocycles. The van der Waals surface area contributed by atoms with Crippen molar-refractivity contribution in [2.75, 3.05) is 5.75 Å². The van der Waals surface area contributed by atoms with Crippen LogP contribution in [0.25, 0.3) is 10.2 Å². The van der Waals surface area contributed by atoms with Crippen LogP contribution in [0.4, 0.5) is 0 Å². The van der Waals surface area contributed by atoms with E-state index >= 15 is 0 Å². The molecular formula is C20H25N3O2S2. The lowest BCUT2D eigenvalue weighted by Crippen LogP contribution is -2.11. The van der Waals surface area contributed by atoms with Crippen molar-refractivity contribution in [1.82, 2.24) is 14.5 Å². The fraction of sp³-hybridized carbons (Fsp3) is 0.450. The van der Waals surface area contributed by atoms with Gasteiger partial charge in [0.1, 0.15) is 10.7 Å². The Morgan fingerprint density at radius 3 is 2.74 bits per heavy atom.